The first-order chi connectivity index (χ1) is 6.24. The van der Waals surface area contributed by atoms with Crippen LogP contribution in [0.25, 0.3) is 0 Å². The molecule has 0 aliphatic carbocycles. The number of hydrogen-bond donors (Lipinski definition) is 0. The van der Waals surface area contributed by atoms with Gasteiger partial charge in [-0.25, -0.2) is 0 Å². The highest BCUT2D eigenvalue weighted by Gasteiger charge is 2.01. The van der Waals surface area contributed by atoms with E-state index in [1.807, 2.05) is 0 Å². The molecule has 1 nitrogen and oxygen atoms in total. The Bertz CT molecular complexity index is 274. The van der Waals surface area contributed by atoms with E-state index in [0.717, 1.165) is 12.8 Å². The molecule has 0 saturated heterocycles. The molecule has 0 unspecified atom stereocenters. The lowest BCUT2D eigenvalue weighted by Gasteiger charge is -2.06. The van der Waals surface area contributed by atoms with Gasteiger partial charge >= 0.3 is 0 Å². The molecule has 0 bridgehead atoms. The molecule has 0 saturated carbocycles. The fourth-order valence-corrected chi connectivity index (χ4v) is 1.18. The summed E-state index contributed by atoms with van der Waals surface area (Å²) in [4.78, 5) is 0. The van der Waals surface area contributed by atoms with Crippen molar-refractivity contribution in [3.05, 3.63) is 28.2 Å². The number of unbranched alkanes of at least 4 members (excludes halogenated alkanes) is 1. The Morgan fingerprint density at radius 2 is 2.23 bits per heavy atom. The van der Waals surface area contributed by atoms with Gasteiger partial charge in [0.25, 0.3) is 0 Å². The van der Waals surface area contributed by atoms with Crippen LogP contribution in [0.15, 0.2) is 12.1 Å². The van der Waals surface area contributed by atoms with Crippen molar-refractivity contribution >= 4 is 23.2 Å². The molecule has 0 atom stereocenters. The van der Waals surface area contributed by atoms with Crippen molar-refractivity contribution in [1.82, 2.24) is 0 Å². The molecule has 1 rings (SSSR count). The lowest BCUT2D eigenvalue weighted by Crippen LogP contribution is -1.96. The molecule has 0 fully saturated rings. The lowest BCUT2D eigenvalue weighted by molar-refractivity contribution is 0.309. The Kier molecular flexibility index (Phi) is 4.40. The van der Waals surface area contributed by atoms with Crippen LogP contribution < -0.4 is 4.74 Å². The molecule has 0 spiro atoms. The van der Waals surface area contributed by atoms with Crippen molar-refractivity contribution in [1.29, 1.82) is 0 Å². The molecule has 0 N–H and O–H groups in total. The molecule has 0 aromatic heterocycles. The summed E-state index contributed by atoms with van der Waals surface area (Å²) in [5.74, 6) is 0.614. The summed E-state index contributed by atoms with van der Waals surface area (Å²) >= 11 is 11.6. The van der Waals surface area contributed by atoms with E-state index in [1.54, 1.807) is 12.1 Å². The van der Waals surface area contributed by atoms with Crippen molar-refractivity contribution in [2.24, 2.45) is 0 Å². The molecular formula is C10H11Cl2O. The third-order valence-electron chi connectivity index (χ3n) is 1.58. The minimum Gasteiger partial charge on any atom is -0.492 e. The molecule has 13 heavy (non-hydrogen) atoms. The van der Waals surface area contributed by atoms with Crippen LogP contribution >= 0.6 is 23.2 Å². The van der Waals surface area contributed by atoms with E-state index in [4.69, 9.17) is 27.9 Å². The first kappa shape index (κ1) is 10.7. The van der Waals surface area contributed by atoms with Gasteiger partial charge in [0.05, 0.1) is 11.6 Å². The highest BCUT2D eigenvalue weighted by atomic mass is 35.5. The van der Waals surface area contributed by atoms with Crippen molar-refractivity contribution < 1.29 is 4.74 Å². The van der Waals surface area contributed by atoms with Crippen molar-refractivity contribution in [2.45, 2.75) is 19.8 Å². The van der Waals surface area contributed by atoms with Gasteiger partial charge in [-0.15, -0.1) is 0 Å². The zero-order valence-electron chi connectivity index (χ0n) is 7.44. The summed E-state index contributed by atoms with van der Waals surface area (Å²) in [6, 6.07) is 6.13. The molecule has 1 radical (unpaired) electrons. The Labute approximate surface area is 88.6 Å². The van der Waals surface area contributed by atoms with Crippen LogP contribution in [0, 0.1) is 6.07 Å². The summed E-state index contributed by atoms with van der Waals surface area (Å²) in [6.07, 6.45) is 2.12. The average Bonchev–Trinajstić information content (AvgIpc) is 2.11. The zero-order chi connectivity index (χ0) is 9.68. The molecular weight excluding hydrogens is 207 g/mol. The number of hydrogen-bond acceptors (Lipinski definition) is 1. The second-order valence-electron chi connectivity index (χ2n) is 2.70. The smallest absolute Gasteiger partial charge is 0.139 e. The van der Waals surface area contributed by atoms with Gasteiger partial charge in [-0.3, -0.25) is 0 Å². The molecule has 0 aliphatic heterocycles. The standard InChI is InChI=1S/C10H11Cl2O/c1-2-3-6-13-10-7-8(11)4-5-9(10)12/h4,7H,2-3,6H2,1H3. The predicted molar refractivity (Wildman–Crippen MR) is 55.7 cm³/mol. The van der Waals surface area contributed by atoms with Crippen molar-refractivity contribution in [3.63, 3.8) is 0 Å². The first-order valence-corrected chi connectivity index (χ1v) is 4.99. The minimum atomic E-state index is 0.487. The Hall–Kier alpha value is -0.400. The Morgan fingerprint density at radius 1 is 1.46 bits per heavy atom. The number of benzene rings is 1. The van der Waals surface area contributed by atoms with Crippen LogP contribution in [0.4, 0.5) is 0 Å². The van der Waals surface area contributed by atoms with Gasteiger partial charge in [-0.1, -0.05) is 36.5 Å². The monoisotopic (exact) mass is 217 g/mol. The van der Waals surface area contributed by atoms with Crippen LogP contribution in [0.2, 0.25) is 10.0 Å². The fraction of sp³-hybridized carbons (Fsp3) is 0.400. The van der Waals surface area contributed by atoms with Gasteiger partial charge in [0.1, 0.15) is 5.75 Å². The van der Waals surface area contributed by atoms with E-state index in [-0.39, 0.29) is 0 Å². The Morgan fingerprint density at radius 3 is 2.92 bits per heavy atom. The summed E-state index contributed by atoms with van der Waals surface area (Å²) in [5.41, 5.74) is 0. The molecule has 0 aliphatic rings. The van der Waals surface area contributed by atoms with Gasteiger partial charge in [-0.05, 0) is 12.5 Å². The molecule has 0 heterocycles. The van der Waals surface area contributed by atoms with E-state index in [0.29, 0.717) is 22.4 Å². The van der Waals surface area contributed by atoms with Gasteiger partial charge in [0, 0.05) is 17.2 Å². The van der Waals surface area contributed by atoms with E-state index in [1.165, 1.54) is 0 Å². The summed E-state index contributed by atoms with van der Waals surface area (Å²) in [7, 11) is 0. The maximum absolute atomic E-state index is 5.84. The first-order valence-electron chi connectivity index (χ1n) is 4.23. The van der Waals surface area contributed by atoms with Crippen molar-refractivity contribution in [3.8, 4) is 5.75 Å². The highest BCUT2D eigenvalue weighted by molar-refractivity contribution is 6.34. The maximum atomic E-state index is 5.84. The average molecular weight is 218 g/mol. The SMILES string of the molecule is CCCCOc1cc(Cl)c[c]c1Cl. The third kappa shape index (κ3) is 3.45. The van der Waals surface area contributed by atoms with Gasteiger partial charge < -0.3 is 4.74 Å². The second kappa shape index (κ2) is 5.36. The molecule has 1 aromatic rings. The number of halogens is 2. The highest BCUT2D eigenvalue weighted by Crippen LogP contribution is 2.27. The van der Waals surface area contributed by atoms with Crippen LogP contribution in [-0.4, -0.2) is 6.61 Å². The molecule has 71 valence electrons. The van der Waals surface area contributed by atoms with Crippen LogP contribution in [0.5, 0.6) is 5.75 Å². The molecule has 3 heteroatoms. The third-order valence-corrected chi connectivity index (χ3v) is 2.09. The normalized spacial score (nSPS) is 10.1. The van der Waals surface area contributed by atoms with Crippen LogP contribution in [0.3, 0.4) is 0 Å². The van der Waals surface area contributed by atoms with E-state index < -0.39 is 0 Å². The van der Waals surface area contributed by atoms with E-state index >= 15 is 0 Å². The van der Waals surface area contributed by atoms with Crippen LogP contribution in [-0.2, 0) is 0 Å². The maximum Gasteiger partial charge on any atom is 0.139 e. The summed E-state index contributed by atoms with van der Waals surface area (Å²) in [6.45, 7) is 2.78. The summed E-state index contributed by atoms with van der Waals surface area (Å²) in [5, 5.41) is 1.08. The molecule has 1 aromatic carbocycles. The van der Waals surface area contributed by atoms with Gasteiger partial charge in [0.15, 0.2) is 0 Å². The minimum absolute atomic E-state index is 0.487. The fourth-order valence-electron chi connectivity index (χ4n) is 0.865. The van der Waals surface area contributed by atoms with E-state index in [9.17, 15) is 0 Å². The summed E-state index contributed by atoms with van der Waals surface area (Å²) < 4.78 is 5.41. The molecule has 0 amide bonds. The number of rotatable bonds is 4. The van der Waals surface area contributed by atoms with Gasteiger partial charge in [0.2, 0.25) is 0 Å². The number of ether oxygens (including phenoxy) is 1. The quantitative estimate of drug-likeness (QED) is 0.694. The van der Waals surface area contributed by atoms with Gasteiger partial charge in [-0.2, -0.15) is 0 Å². The second-order valence-corrected chi connectivity index (χ2v) is 3.51. The zero-order valence-corrected chi connectivity index (χ0v) is 8.95. The topological polar surface area (TPSA) is 9.23 Å². The van der Waals surface area contributed by atoms with E-state index in [2.05, 4.69) is 13.0 Å². The van der Waals surface area contributed by atoms with Crippen molar-refractivity contribution in [2.75, 3.05) is 6.61 Å². The lowest BCUT2D eigenvalue weighted by atomic mass is 10.3. The largest absolute Gasteiger partial charge is 0.492 e. The Balaban J connectivity index is 2.59. The predicted octanol–water partition coefficient (Wildman–Crippen LogP) is 3.97. The van der Waals surface area contributed by atoms with Crippen LogP contribution in [0.1, 0.15) is 19.8 Å².